The van der Waals surface area contributed by atoms with E-state index in [4.69, 9.17) is 34.4 Å². The van der Waals surface area contributed by atoms with Gasteiger partial charge in [-0.3, -0.25) is 14.4 Å². The number of nitrogens with zero attached hydrogens (tertiary/aromatic N) is 1. The maximum atomic E-state index is 14.4. The molecule has 1 spiro atoms. The summed E-state index contributed by atoms with van der Waals surface area (Å²) in [4.78, 5) is 41.5. The Kier molecular flexibility index (Phi) is 7.85. The summed E-state index contributed by atoms with van der Waals surface area (Å²) in [5.41, 5.74) is 2.06. The van der Waals surface area contributed by atoms with Gasteiger partial charge in [0.25, 0.3) is 0 Å². The van der Waals surface area contributed by atoms with Crippen LogP contribution >= 0.6 is 23.2 Å². The lowest BCUT2D eigenvalue weighted by Gasteiger charge is -2.46. The summed E-state index contributed by atoms with van der Waals surface area (Å²) in [5.74, 6) is 2.55. The minimum atomic E-state index is -1.25. The van der Waals surface area contributed by atoms with Gasteiger partial charge in [-0.15, -0.1) is 6.42 Å². The molecule has 0 aromatic heterocycles. The van der Waals surface area contributed by atoms with Crippen molar-refractivity contribution in [2.75, 3.05) is 25.0 Å². The third kappa shape index (κ3) is 5.24. The fourth-order valence-electron chi connectivity index (χ4n) is 6.89. The molecule has 43 heavy (non-hydrogen) atoms. The average Bonchev–Trinajstić information content (AvgIpc) is 3.27. The highest BCUT2D eigenvalue weighted by atomic mass is 35.5. The Hall–Kier alpha value is -3.99. The number of terminal acetylenes is 1. The molecule has 0 aliphatic carbocycles. The van der Waals surface area contributed by atoms with Crippen molar-refractivity contribution in [2.24, 2.45) is 5.92 Å². The van der Waals surface area contributed by atoms with Gasteiger partial charge >= 0.3 is 0 Å². The van der Waals surface area contributed by atoms with Crippen LogP contribution < -0.4 is 15.4 Å². The SMILES string of the molecule is C#Cc1ccc(OCC2CCN(C(C)=O)CC2)c([C@H]2NC(=O)C[C@@H](c3cccc(Cl)c3)[C@]23C(=O)Nc2cc(Cl)ccc23)c1. The molecule has 220 valence electrons. The van der Waals surface area contributed by atoms with Gasteiger partial charge in [0.1, 0.15) is 11.2 Å². The number of hydrogen-bond acceptors (Lipinski definition) is 4. The first-order valence-corrected chi connectivity index (χ1v) is 15.1. The number of piperidine rings is 2. The molecule has 0 radical (unpaired) electrons. The first-order chi connectivity index (χ1) is 20.7. The first kappa shape index (κ1) is 29.1. The number of rotatable bonds is 5. The van der Waals surface area contributed by atoms with Crippen molar-refractivity contribution < 1.29 is 19.1 Å². The molecule has 0 bridgehead atoms. The molecule has 3 atom stereocenters. The van der Waals surface area contributed by atoms with Gasteiger partial charge in [0.15, 0.2) is 0 Å². The van der Waals surface area contributed by atoms with Gasteiger partial charge in [-0.05, 0) is 72.4 Å². The topological polar surface area (TPSA) is 87.7 Å². The summed E-state index contributed by atoms with van der Waals surface area (Å²) < 4.78 is 6.47. The molecule has 7 nitrogen and oxygen atoms in total. The van der Waals surface area contributed by atoms with Crippen LogP contribution in [0.15, 0.2) is 60.7 Å². The van der Waals surface area contributed by atoms with E-state index in [1.807, 2.05) is 41.3 Å². The van der Waals surface area contributed by atoms with Gasteiger partial charge in [-0.2, -0.15) is 0 Å². The van der Waals surface area contributed by atoms with Crippen molar-refractivity contribution in [3.63, 3.8) is 0 Å². The molecule has 3 aliphatic rings. The molecule has 3 aromatic carbocycles. The summed E-state index contributed by atoms with van der Waals surface area (Å²) in [6.45, 7) is 3.40. The Morgan fingerprint density at radius 1 is 1.07 bits per heavy atom. The number of nitrogens with one attached hydrogen (secondary N) is 2. The van der Waals surface area contributed by atoms with Crippen molar-refractivity contribution in [3.8, 4) is 18.1 Å². The highest BCUT2D eigenvalue weighted by Crippen LogP contribution is 2.58. The number of halogens is 2. The zero-order valence-electron chi connectivity index (χ0n) is 23.7. The highest BCUT2D eigenvalue weighted by molar-refractivity contribution is 6.31. The standard InChI is InChI=1S/C34H31Cl2N3O4/c1-3-21-7-10-30(43-19-22-11-13-39(14-12-22)20(2)40)26(15-21)32-34(27-9-8-25(36)17-29(27)37-33(34)42)28(18-31(41)38-32)23-5-4-6-24(35)16-23/h1,4-10,15-17,22,28,32H,11-14,18-19H2,2H3,(H,37,42)(H,38,41)/t28-,32+,34-/m0/s1. The quantitative estimate of drug-likeness (QED) is 0.353. The van der Waals surface area contributed by atoms with E-state index in [-0.39, 0.29) is 30.1 Å². The Morgan fingerprint density at radius 3 is 2.56 bits per heavy atom. The number of fused-ring (bicyclic) bond motifs is 2. The van der Waals surface area contributed by atoms with Crippen molar-refractivity contribution in [1.29, 1.82) is 0 Å². The van der Waals surface area contributed by atoms with E-state index in [9.17, 15) is 14.4 Å². The molecule has 3 amide bonds. The Balaban J connectivity index is 1.46. The van der Waals surface area contributed by atoms with E-state index in [1.165, 1.54) is 0 Å². The Bertz CT molecular complexity index is 1660. The fourth-order valence-corrected chi connectivity index (χ4v) is 7.26. The maximum absolute atomic E-state index is 14.4. The summed E-state index contributed by atoms with van der Waals surface area (Å²) in [7, 11) is 0. The van der Waals surface area contributed by atoms with Gasteiger partial charge in [0.05, 0.1) is 12.6 Å². The van der Waals surface area contributed by atoms with Crippen LogP contribution in [0, 0.1) is 18.3 Å². The molecule has 6 rings (SSSR count). The molecule has 3 aromatic rings. The third-order valence-electron chi connectivity index (χ3n) is 9.02. The molecular weight excluding hydrogens is 585 g/mol. The number of hydrogen-bond donors (Lipinski definition) is 2. The fraction of sp³-hybridized carbons (Fsp3) is 0.324. The number of likely N-dealkylation sites (tertiary alicyclic amines) is 1. The zero-order chi connectivity index (χ0) is 30.3. The van der Waals surface area contributed by atoms with E-state index in [0.717, 1.165) is 24.0 Å². The lowest BCUT2D eigenvalue weighted by Crippen LogP contribution is -2.57. The minimum absolute atomic E-state index is 0.0755. The molecule has 2 saturated heterocycles. The van der Waals surface area contributed by atoms with E-state index in [2.05, 4.69) is 16.6 Å². The molecule has 0 unspecified atom stereocenters. The number of anilines is 1. The lowest BCUT2D eigenvalue weighted by molar-refractivity contribution is -0.132. The second-order valence-corrected chi connectivity index (χ2v) is 12.4. The number of amides is 3. The second kappa shape index (κ2) is 11.6. The molecule has 2 fully saturated rings. The van der Waals surface area contributed by atoms with E-state index >= 15 is 0 Å². The van der Waals surface area contributed by atoms with Crippen molar-refractivity contribution >= 4 is 46.6 Å². The Morgan fingerprint density at radius 2 is 1.84 bits per heavy atom. The van der Waals surface area contributed by atoms with Crippen molar-refractivity contribution in [2.45, 2.75) is 43.6 Å². The van der Waals surface area contributed by atoms with E-state index in [0.29, 0.717) is 52.3 Å². The van der Waals surface area contributed by atoms with Crippen LogP contribution in [0.5, 0.6) is 5.75 Å². The number of carbonyl (C=O) groups excluding carboxylic acids is 3. The normalized spacial score (nSPS) is 23.3. The van der Waals surface area contributed by atoms with Gasteiger partial charge in [-0.25, -0.2) is 0 Å². The minimum Gasteiger partial charge on any atom is -0.493 e. The van der Waals surface area contributed by atoms with Crippen LogP contribution in [0.25, 0.3) is 0 Å². The molecule has 9 heteroatoms. The predicted molar refractivity (Wildman–Crippen MR) is 166 cm³/mol. The number of benzene rings is 3. The highest BCUT2D eigenvalue weighted by Gasteiger charge is 2.61. The molecule has 3 heterocycles. The molecular formula is C34H31Cl2N3O4. The number of ether oxygens (including phenoxy) is 1. The van der Waals surface area contributed by atoms with E-state index < -0.39 is 17.4 Å². The lowest BCUT2D eigenvalue weighted by atomic mass is 9.59. The summed E-state index contributed by atoms with van der Waals surface area (Å²) in [5, 5.41) is 7.21. The summed E-state index contributed by atoms with van der Waals surface area (Å²) >= 11 is 12.8. The van der Waals surface area contributed by atoms with Crippen molar-refractivity contribution in [1.82, 2.24) is 10.2 Å². The van der Waals surface area contributed by atoms with Crippen LogP contribution in [0.1, 0.15) is 60.4 Å². The van der Waals surface area contributed by atoms with Crippen molar-refractivity contribution in [3.05, 3.63) is 93.0 Å². The molecule has 3 aliphatic heterocycles. The monoisotopic (exact) mass is 615 g/mol. The van der Waals surface area contributed by atoms with Gasteiger partial charge < -0.3 is 20.3 Å². The maximum Gasteiger partial charge on any atom is 0.238 e. The number of carbonyl (C=O) groups is 3. The largest absolute Gasteiger partial charge is 0.493 e. The predicted octanol–water partition coefficient (Wildman–Crippen LogP) is 5.85. The second-order valence-electron chi connectivity index (χ2n) is 11.5. The van der Waals surface area contributed by atoms with E-state index in [1.54, 1.807) is 31.2 Å². The first-order valence-electron chi connectivity index (χ1n) is 14.4. The molecule has 0 saturated carbocycles. The average molecular weight is 617 g/mol. The smallest absolute Gasteiger partial charge is 0.238 e. The van der Waals surface area contributed by atoms with Crippen LogP contribution in [0.2, 0.25) is 10.0 Å². The van der Waals surface area contributed by atoms with Crippen LogP contribution in [0.4, 0.5) is 5.69 Å². The van der Waals surface area contributed by atoms with Crippen LogP contribution in [-0.4, -0.2) is 42.3 Å². The van der Waals surface area contributed by atoms with Crippen LogP contribution in [-0.2, 0) is 19.8 Å². The van der Waals surface area contributed by atoms with Gasteiger partial charge in [-0.1, -0.05) is 47.3 Å². The van der Waals surface area contributed by atoms with Gasteiger partial charge in [0.2, 0.25) is 17.7 Å². The van der Waals surface area contributed by atoms with Crippen LogP contribution in [0.3, 0.4) is 0 Å². The summed E-state index contributed by atoms with van der Waals surface area (Å²) in [6, 6.07) is 17.3. The molecule has 2 N–H and O–H groups in total. The van der Waals surface area contributed by atoms with Gasteiger partial charge in [0, 0.05) is 59.2 Å². The zero-order valence-corrected chi connectivity index (χ0v) is 25.2. The third-order valence-corrected chi connectivity index (χ3v) is 9.49. The summed E-state index contributed by atoms with van der Waals surface area (Å²) in [6.07, 6.45) is 7.57. The Labute approximate surface area is 260 Å².